The second-order valence-electron chi connectivity index (χ2n) is 4.15. The van der Waals surface area contributed by atoms with Crippen molar-refractivity contribution >= 4 is 40.9 Å². The minimum atomic E-state index is -0.104. The number of rotatable bonds is 6. The predicted molar refractivity (Wildman–Crippen MR) is 84.1 cm³/mol. The van der Waals surface area contributed by atoms with Crippen LogP contribution in [0.3, 0.4) is 0 Å². The Morgan fingerprint density at radius 3 is 2.90 bits per heavy atom. The molecule has 0 saturated carbocycles. The average molecular weight is 346 g/mol. The molecule has 6 nitrogen and oxygen atoms in total. The van der Waals surface area contributed by atoms with Gasteiger partial charge in [0.05, 0.1) is 5.75 Å². The molecule has 0 aliphatic carbocycles. The van der Waals surface area contributed by atoms with E-state index in [0.717, 1.165) is 5.56 Å². The standard InChI is InChI=1S/C12H13Cl2N5OS/c13-9-2-1-8(10(14)5-9)3-4-16-11(20)6-21-12-18-17-7-19(12)15/h1-2,5,7H,3-4,6,15H2,(H,16,20). The zero-order valence-corrected chi connectivity index (χ0v) is 13.3. The molecule has 0 aliphatic rings. The van der Waals surface area contributed by atoms with E-state index in [0.29, 0.717) is 28.2 Å². The highest BCUT2D eigenvalue weighted by atomic mass is 35.5. The maximum atomic E-state index is 11.7. The van der Waals surface area contributed by atoms with Crippen LogP contribution in [0, 0.1) is 0 Å². The van der Waals surface area contributed by atoms with Gasteiger partial charge in [-0.1, -0.05) is 41.0 Å². The molecule has 2 aromatic rings. The van der Waals surface area contributed by atoms with Crippen LogP contribution in [0.4, 0.5) is 0 Å². The van der Waals surface area contributed by atoms with Gasteiger partial charge in [0.25, 0.3) is 0 Å². The molecule has 21 heavy (non-hydrogen) atoms. The molecule has 0 radical (unpaired) electrons. The van der Waals surface area contributed by atoms with E-state index in [4.69, 9.17) is 29.0 Å². The highest BCUT2D eigenvalue weighted by molar-refractivity contribution is 7.99. The number of hydrogen-bond acceptors (Lipinski definition) is 5. The van der Waals surface area contributed by atoms with Crippen LogP contribution in [0.2, 0.25) is 10.0 Å². The smallest absolute Gasteiger partial charge is 0.230 e. The molecule has 1 aromatic carbocycles. The zero-order chi connectivity index (χ0) is 15.2. The summed E-state index contributed by atoms with van der Waals surface area (Å²) in [4.78, 5) is 11.7. The van der Waals surface area contributed by atoms with Gasteiger partial charge >= 0.3 is 0 Å². The Hall–Kier alpha value is -1.44. The molecular weight excluding hydrogens is 333 g/mol. The number of aromatic nitrogens is 3. The normalized spacial score (nSPS) is 10.6. The van der Waals surface area contributed by atoms with Crippen LogP contribution in [0.25, 0.3) is 0 Å². The van der Waals surface area contributed by atoms with Gasteiger partial charge in [0.1, 0.15) is 6.33 Å². The van der Waals surface area contributed by atoms with Crippen LogP contribution >= 0.6 is 35.0 Å². The van der Waals surface area contributed by atoms with Crippen LogP contribution in [0.15, 0.2) is 29.7 Å². The quantitative estimate of drug-likeness (QED) is 0.615. The molecule has 0 unspecified atom stereocenters. The number of benzene rings is 1. The van der Waals surface area contributed by atoms with Crippen molar-refractivity contribution in [2.75, 3.05) is 18.1 Å². The molecule has 1 heterocycles. The van der Waals surface area contributed by atoms with Crippen LogP contribution in [0.1, 0.15) is 5.56 Å². The maximum absolute atomic E-state index is 11.7. The van der Waals surface area contributed by atoms with E-state index in [2.05, 4.69) is 15.5 Å². The third-order valence-electron chi connectivity index (χ3n) is 2.60. The zero-order valence-electron chi connectivity index (χ0n) is 10.9. The summed E-state index contributed by atoms with van der Waals surface area (Å²) >= 11 is 13.1. The number of nitrogens with one attached hydrogen (secondary N) is 1. The summed E-state index contributed by atoms with van der Waals surface area (Å²) in [5.74, 6) is 5.67. The molecule has 0 aliphatic heterocycles. The summed E-state index contributed by atoms with van der Waals surface area (Å²) in [7, 11) is 0. The minimum Gasteiger partial charge on any atom is -0.355 e. The first-order valence-electron chi connectivity index (χ1n) is 6.05. The number of halogens is 2. The molecular formula is C12H13Cl2N5OS. The molecule has 0 saturated heterocycles. The Balaban J connectivity index is 1.73. The van der Waals surface area contributed by atoms with Crippen LogP contribution < -0.4 is 11.2 Å². The van der Waals surface area contributed by atoms with Crippen molar-refractivity contribution in [2.24, 2.45) is 0 Å². The van der Waals surface area contributed by atoms with Crippen LogP contribution in [-0.4, -0.2) is 33.1 Å². The van der Waals surface area contributed by atoms with E-state index in [-0.39, 0.29) is 11.7 Å². The van der Waals surface area contributed by atoms with Gasteiger partial charge in [-0.25, -0.2) is 4.68 Å². The van der Waals surface area contributed by atoms with Crippen molar-refractivity contribution in [3.8, 4) is 0 Å². The van der Waals surface area contributed by atoms with Crippen molar-refractivity contribution in [2.45, 2.75) is 11.6 Å². The summed E-state index contributed by atoms with van der Waals surface area (Å²) in [6, 6.07) is 5.31. The number of nitrogens with zero attached hydrogens (tertiary/aromatic N) is 3. The summed E-state index contributed by atoms with van der Waals surface area (Å²) in [5, 5.41) is 11.9. The fraction of sp³-hybridized carbons (Fsp3) is 0.250. The lowest BCUT2D eigenvalue weighted by Crippen LogP contribution is -2.27. The highest BCUT2D eigenvalue weighted by Gasteiger charge is 2.07. The number of thioether (sulfide) groups is 1. The Morgan fingerprint density at radius 1 is 1.43 bits per heavy atom. The SMILES string of the molecule is Nn1cnnc1SCC(=O)NCCc1ccc(Cl)cc1Cl. The number of carbonyl (C=O) groups is 1. The minimum absolute atomic E-state index is 0.104. The molecule has 3 N–H and O–H groups in total. The lowest BCUT2D eigenvalue weighted by Gasteiger charge is -2.07. The third kappa shape index (κ3) is 4.80. The van der Waals surface area contributed by atoms with Crippen molar-refractivity contribution in [3.05, 3.63) is 40.1 Å². The monoisotopic (exact) mass is 345 g/mol. The fourth-order valence-corrected chi connectivity index (χ4v) is 2.74. The largest absolute Gasteiger partial charge is 0.355 e. The molecule has 9 heteroatoms. The molecule has 2 rings (SSSR count). The third-order valence-corrected chi connectivity index (χ3v) is 4.15. The Labute approximate surface area is 136 Å². The van der Waals surface area contributed by atoms with E-state index < -0.39 is 0 Å². The fourth-order valence-electron chi connectivity index (χ4n) is 1.58. The molecule has 0 bridgehead atoms. The van der Waals surface area contributed by atoms with Crippen LogP contribution in [-0.2, 0) is 11.2 Å². The Kier molecular flexibility index (Phi) is 5.72. The Morgan fingerprint density at radius 2 is 2.24 bits per heavy atom. The first kappa shape index (κ1) is 15.9. The van der Waals surface area contributed by atoms with Crippen LogP contribution in [0.5, 0.6) is 0 Å². The maximum Gasteiger partial charge on any atom is 0.230 e. The first-order chi connectivity index (χ1) is 10.1. The van der Waals surface area contributed by atoms with E-state index in [1.54, 1.807) is 12.1 Å². The summed E-state index contributed by atoms with van der Waals surface area (Å²) < 4.78 is 1.27. The van der Waals surface area contributed by atoms with Crippen molar-refractivity contribution < 1.29 is 4.79 Å². The van der Waals surface area contributed by atoms with Gasteiger partial charge in [0, 0.05) is 16.6 Å². The molecule has 0 spiro atoms. The van der Waals surface area contributed by atoms with E-state index in [1.165, 1.54) is 22.8 Å². The second kappa shape index (κ2) is 7.53. The average Bonchev–Trinajstić information content (AvgIpc) is 2.84. The summed E-state index contributed by atoms with van der Waals surface area (Å²) in [6.45, 7) is 0.496. The predicted octanol–water partition coefficient (Wildman–Crippen LogP) is 1.75. The van der Waals surface area contributed by atoms with Gasteiger partial charge in [-0.05, 0) is 24.1 Å². The van der Waals surface area contributed by atoms with Gasteiger partial charge in [0.15, 0.2) is 0 Å². The molecule has 1 amide bonds. The molecule has 1 aromatic heterocycles. The summed E-state index contributed by atoms with van der Waals surface area (Å²) in [5.41, 5.74) is 0.940. The first-order valence-corrected chi connectivity index (χ1v) is 7.79. The van der Waals surface area contributed by atoms with E-state index >= 15 is 0 Å². The van der Waals surface area contributed by atoms with Crippen molar-refractivity contribution in [1.29, 1.82) is 0 Å². The number of hydrogen-bond donors (Lipinski definition) is 2. The van der Waals surface area contributed by atoms with Crippen molar-refractivity contribution in [3.63, 3.8) is 0 Å². The number of carbonyl (C=O) groups excluding carboxylic acids is 1. The lowest BCUT2D eigenvalue weighted by molar-refractivity contribution is -0.118. The van der Waals surface area contributed by atoms with Gasteiger partial charge in [-0.15, -0.1) is 10.2 Å². The van der Waals surface area contributed by atoms with Gasteiger partial charge in [-0.3, -0.25) is 4.79 Å². The summed E-state index contributed by atoms with van der Waals surface area (Å²) in [6.07, 6.45) is 2.02. The lowest BCUT2D eigenvalue weighted by atomic mass is 10.1. The number of nitrogens with two attached hydrogens (primary N) is 1. The van der Waals surface area contributed by atoms with E-state index in [9.17, 15) is 4.79 Å². The molecule has 0 fully saturated rings. The van der Waals surface area contributed by atoms with Gasteiger partial charge in [0.2, 0.25) is 11.1 Å². The van der Waals surface area contributed by atoms with E-state index in [1.807, 2.05) is 6.07 Å². The molecule has 112 valence electrons. The van der Waals surface area contributed by atoms with Crippen molar-refractivity contribution in [1.82, 2.24) is 20.2 Å². The highest BCUT2D eigenvalue weighted by Crippen LogP contribution is 2.21. The number of nitrogen functional groups attached to an aromatic ring is 1. The Bertz CT molecular complexity index is 634. The second-order valence-corrected chi connectivity index (χ2v) is 5.93. The van der Waals surface area contributed by atoms with Gasteiger partial charge in [-0.2, -0.15) is 0 Å². The topological polar surface area (TPSA) is 85.8 Å². The molecule has 0 atom stereocenters. The number of amides is 1. The van der Waals surface area contributed by atoms with Gasteiger partial charge < -0.3 is 11.2 Å².